The molecule has 0 aromatic carbocycles. The molecule has 0 aliphatic heterocycles. The molecule has 0 aromatic rings. The van der Waals surface area contributed by atoms with Gasteiger partial charge in [-0.2, -0.15) is 17.6 Å². The summed E-state index contributed by atoms with van der Waals surface area (Å²) in [7, 11) is 0. The first kappa shape index (κ1) is 17.7. The summed E-state index contributed by atoms with van der Waals surface area (Å²) in [5.74, 6) is -2.01. The summed E-state index contributed by atoms with van der Waals surface area (Å²) in [5.41, 5.74) is -0.751. The lowest BCUT2D eigenvalue weighted by Gasteiger charge is -2.20. The van der Waals surface area contributed by atoms with Gasteiger partial charge in [0, 0.05) is 0 Å². The highest BCUT2D eigenvalue weighted by molar-refractivity contribution is 5.76. The highest BCUT2D eigenvalue weighted by Crippen LogP contribution is 2.24. The molecule has 0 fully saturated rings. The van der Waals surface area contributed by atoms with E-state index in [4.69, 9.17) is 4.74 Å². The number of halogens is 4. The SMILES string of the molecule is CCC(C)(C)C(=O)OCCC(=O)OC(F)C(F)(F)F. The highest BCUT2D eigenvalue weighted by atomic mass is 19.4. The Kier molecular flexibility index (Phi) is 6.24. The van der Waals surface area contributed by atoms with Crippen molar-refractivity contribution in [3.05, 3.63) is 0 Å². The van der Waals surface area contributed by atoms with E-state index >= 15 is 0 Å². The first-order valence-corrected chi connectivity index (χ1v) is 5.58. The van der Waals surface area contributed by atoms with Crippen LogP contribution < -0.4 is 0 Å². The van der Waals surface area contributed by atoms with Crippen LogP contribution in [0.2, 0.25) is 0 Å². The fraction of sp³-hybridized carbons (Fsp3) is 0.818. The third kappa shape index (κ3) is 6.40. The molecule has 0 aliphatic carbocycles. The van der Waals surface area contributed by atoms with E-state index in [0.717, 1.165) is 0 Å². The Bertz CT molecular complexity index is 325. The minimum absolute atomic E-state index is 0.453. The Morgan fingerprint density at radius 1 is 1.21 bits per heavy atom. The summed E-state index contributed by atoms with van der Waals surface area (Å²) in [6, 6.07) is 0. The Labute approximate surface area is 108 Å². The van der Waals surface area contributed by atoms with Crippen LogP contribution in [0.4, 0.5) is 17.6 Å². The monoisotopic (exact) mass is 288 g/mol. The van der Waals surface area contributed by atoms with Crippen molar-refractivity contribution in [3.8, 4) is 0 Å². The first-order valence-electron chi connectivity index (χ1n) is 5.58. The molecule has 0 radical (unpaired) electrons. The van der Waals surface area contributed by atoms with Crippen LogP contribution in [0.1, 0.15) is 33.6 Å². The molecule has 0 rings (SSSR count). The molecule has 1 atom stereocenters. The van der Waals surface area contributed by atoms with Gasteiger partial charge in [0.05, 0.1) is 11.8 Å². The number of carbonyl (C=O) groups excluding carboxylic acids is 2. The molecule has 1 unspecified atom stereocenters. The summed E-state index contributed by atoms with van der Waals surface area (Å²) in [6.45, 7) is 4.54. The third-order valence-corrected chi connectivity index (χ3v) is 2.47. The van der Waals surface area contributed by atoms with Gasteiger partial charge in [0.1, 0.15) is 6.61 Å². The lowest BCUT2D eigenvalue weighted by molar-refractivity contribution is -0.258. The van der Waals surface area contributed by atoms with Gasteiger partial charge in [0.2, 0.25) is 0 Å². The van der Waals surface area contributed by atoms with Gasteiger partial charge in [-0.3, -0.25) is 9.59 Å². The van der Waals surface area contributed by atoms with Crippen LogP contribution >= 0.6 is 0 Å². The van der Waals surface area contributed by atoms with Crippen molar-refractivity contribution < 1.29 is 36.6 Å². The van der Waals surface area contributed by atoms with E-state index in [-0.39, 0.29) is 0 Å². The molecule has 0 saturated carbocycles. The van der Waals surface area contributed by atoms with E-state index in [2.05, 4.69) is 4.74 Å². The highest BCUT2D eigenvalue weighted by Gasteiger charge is 2.43. The van der Waals surface area contributed by atoms with Crippen molar-refractivity contribution in [3.63, 3.8) is 0 Å². The van der Waals surface area contributed by atoms with Gasteiger partial charge in [-0.1, -0.05) is 6.92 Å². The smallest absolute Gasteiger partial charge is 0.457 e. The topological polar surface area (TPSA) is 52.6 Å². The second kappa shape index (κ2) is 6.72. The van der Waals surface area contributed by atoms with Crippen LogP contribution in [-0.4, -0.2) is 31.1 Å². The average Bonchev–Trinajstić information content (AvgIpc) is 2.27. The molecule has 0 saturated heterocycles. The van der Waals surface area contributed by atoms with Gasteiger partial charge in [0.15, 0.2) is 0 Å². The van der Waals surface area contributed by atoms with Crippen molar-refractivity contribution in [2.45, 2.75) is 46.1 Å². The number of carbonyl (C=O) groups is 2. The molecule has 112 valence electrons. The standard InChI is InChI=1S/C11H16F4O4/c1-4-10(2,3)9(17)18-6-5-7(16)19-8(12)11(13,14)15/h8H,4-6H2,1-3H3. The summed E-state index contributed by atoms with van der Waals surface area (Å²) >= 11 is 0. The Morgan fingerprint density at radius 3 is 2.16 bits per heavy atom. The minimum atomic E-state index is -5.25. The Balaban J connectivity index is 4.04. The predicted octanol–water partition coefficient (Wildman–Crippen LogP) is 2.76. The summed E-state index contributed by atoms with van der Waals surface area (Å²) in [5, 5.41) is 0. The molecular formula is C11H16F4O4. The van der Waals surface area contributed by atoms with Gasteiger partial charge in [-0.05, 0) is 20.3 Å². The number of rotatable bonds is 6. The van der Waals surface area contributed by atoms with E-state index < -0.39 is 42.9 Å². The van der Waals surface area contributed by atoms with Crippen LogP contribution in [0.5, 0.6) is 0 Å². The molecule has 0 spiro atoms. The normalized spacial score (nSPS) is 13.8. The van der Waals surface area contributed by atoms with E-state index in [9.17, 15) is 27.2 Å². The van der Waals surface area contributed by atoms with E-state index in [1.165, 1.54) is 0 Å². The summed E-state index contributed by atoms with van der Waals surface area (Å²) < 4.78 is 55.7. The third-order valence-electron chi connectivity index (χ3n) is 2.47. The fourth-order valence-corrected chi connectivity index (χ4v) is 0.808. The second-order valence-electron chi connectivity index (χ2n) is 4.47. The molecule has 0 aliphatic rings. The number of hydrogen-bond acceptors (Lipinski definition) is 4. The van der Waals surface area contributed by atoms with Gasteiger partial charge in [-0.25, -0.2) is 0 Å². The maximum absolute atomic E-state index is 12.3. The minimum Gasteiger partial charge on any atom is -0.465 e. The van der Waals surface area contributed by atoms with Crippen LogP contribution in [0.15, 0.2) is 0 Å². The van der Waals surface area contributed by atoms with E-state index in [0.29, 0.717) is 6.42 Å². The summed E-state index contributed by atoms with van der Waals surface area (Å²) in [4.78, 5) is 22.3. The van der Waals surface area contributed by atoms with Gasteiger partial charge >= 0.3 is 24.5 Å². The molecule has 0 amide bonds. The molecule has 0 aromatic heterocycles. The summed E-state index contributed by atoms with van der Waals surface area (Å²) in [6.07, 6.45) is -9.06. The zero-order valence-electron chi connectivity index (χ0n) is 10.8. The van der Waals surface area contributed by atoms with E-state index in [1.54, 1.807) is 20.8 Å². The molecular weight excluding hydrogens is 272 g/mol. The van der Waals surface area contributed by atoms with Crippen molar-refractivity contribution in [1.29, 1.82) is 0 Å². The van der Waals surface area contributed by atoms with Crippen LogP contribution in [-0.2, 0) is 19.1 Å². The van der Waals surface area contributed by atoms with Crippen molar-refractivity contribution in [1.82, 2.24) is 0 Å². The van der Waals surface area contributed by atoms with Crippen molar-refractivity contribution in [2.75, 3.05) is 6.61 Å². The van der Waals surface area contributed by atoms with Gasteiger partial charge in [0.25, 0.3) is 0 Å². The number of esters is 2. The molecule has 0 heterocycles. The maximum Gasteiger partial charge on any atom is 0.457 e. The lowest BCUT2D eigenvalue weighted by atomic mass is 9.91. The largest absolute Gasteiger partial charge is 0.465 e. The molecule has 4 nitrogen and oxygen atoms in total. The predicted molar refractivity (Wildman–Crippen MR) is 56.7 cm³/mol. The second-order valence-corrected chi connectivity index (χ2v) is 4.47. The molecule has 19 heavy (non-hydrogen) atoms. The molecule has 8 heteroatoms. The average molecular weight is 288 g/mol. The number of alkyl halides is 4. The molecule has 0 bridgehead atoms. The molecule has 0 N–H and O–H groups in total. The van der Waals surface area contributed by atoms with Crippen LogP contribution in [0.3, 0.4) is 0 Å². The maximum atomic E-state index is 12.3. The van der Waals surface area contributed by atoms with Crippen molar-refractivity contribution in [2.24, 2.45) is 5.41 Å². The van der Waals surface area contributed by atoms with Crippen LogP contribution in [0, 0.1) is 5.41 Å². The van der Waals surface area contributed by atoms with Crippen molar-refractivity contribution >= 4 is 11.9 Å². The zero-order chi connectivity index (χ0) is 15.3. The first-order chi connectivity index (χ1) is 8.50. The lowest BCUT2D eigenvalue weighted by Crippen LogP contribution is -2.30. The van der Waals surface area contributed by atoms with Crippen LogP contribution in [0.25, 0.3) is 0 Å². The fourth-order valence-electron chi connectivity index (χ4n) is 0.808. The quantitative estimate of drug-likeness (QED) is 0.557. The number of ether oxygens (including phenoxy) is 2. The zero-order valence-corrected chi connectivity index (χ0v) is 10.8. The number of hydrogen-bond donors (Lipinski definition) is 0. The van der Waals surface area contributed by atoms with Gasteiger partial charge in [-0.15, -0.1) is 0 Å². The Morgan fingerprint density at radius 2 is 1.74 bits per heavy atom. The van der Waals surface area contributed by atoms with Gasteiger partial charge < -0.3 is 9.47 Å². The Hall–Kier alpha value is -1.34. The van der Waals surface area contributed by atoms with E-state index in [1.807, 2.05) is 0 Å².